The van der Waals surface area contributed by atoms with E-state index in [1.807, 2.05) is 24.3 Å². The Morgan fingerprint density at radius 1 is 0.964 bits per heavy atom. The average molecular weight is 380 g/mol. The summed E-state index contributed by atoms with van der Waals surface area (Å²) < 4.78 is 10.4. The zero-order valence-corrected chi connectivity index (χ0v) is 14.9. The fourth-order valence-electron chi connectivity index (χ4n) is 2.01. The first-order valence-electron chi connectivity index (χ1n) is 8.32. The van der Waals surface area contributed by atoms with Crippen LogP contribution in [-0.4, -0.2) is 23.7 Å². The molecule has 144 valence electrons. The predicted octanol–water partition coefficient (Wildman–Crippen LogP) is 3.09. The number of ether oxygens (including phenoxy) is 2. The standard InChI is InChI=1S/C14H13NO3.C7H7NO2/c16-14(11-17-12-7-3-1-4-8-12)18-13-9-5-2-6-10-15-13;8-6-4-2-1-3-5(6)7(9)10/h1-10,15H,11H2;1-4H,8H2,(H,9,10). The molecule has 1 aliphatic heterocycles. The van der Waals surface area contributed by atoms with Crippen molar-refractivity contribution in [3.8, 4) is 5.75 Å². The van der Waals surface area contributed by atoms with Crippen LogP contribution in [-0.2, 0) is 9.53 Å². The number of nitrogen functional groups attached to an aromatic ring is 1. The second-order valence-corrected chi connectivity index (χ2v) is 5.39. The molecule has 0 saturated heterocycles. The lowest BCUT2D eigenvalue weighted by Crippen LogP contribution is -2.19. The van der Waals surface area contributed by atoms with Crippen LogP contribution < -0.4 is 15.8 Å². The van der Waals surface area contributed by atoms with Crippen molar-refractivity contribution in [2.75, 3.05) is 12.3 Å². The van der Waals surface area contributed by atoms with Crippen molar-refractivity contribution in [3.05, 3.63) is 96.5 Å². The van der Waals surface area contributed by atoms with Gasteiger partial charge in [0.25, 0.3) is 0 Å². The van der Waals surface area contributed by atoms with Crippen molar-refractivity contribution in [1.29, 1.82) is 0 Å². The smallest absolute Gasteiger partial charge is 0.350 e. The van der Waals surface area contributed by atoms with Gasteiger partial charge >= 0.3 is 11.9 Å². The summed E-state index contributed by atoms with van der Waals surface area (Å²) in [7, 11) is 0. The third-order valence-corrected chi connectivity index (χ3v) is 3.31. The maximum absolute atomic E-state index is 11.5. The van der Waals surface area contributed by atoms with Crippen LogP contribution >= 0.6 is 0 Å². The fourth-order valence-corrected chi connectivity index (χ4v) is 2.01. The van der Waals surface area contributed by atoms with Crippen LogP contribution in [0.25, 0.3) is 0 Å². The summed E-state index contributed by atoms with van der Waals surface area (Å²) in [5.74, 6) is -0.432. The number of para-hydroxylation sites is 2. The molecule has 0 aromatic heterocycles. The minimum absolute atomic E-state index is 0.129. The van der Waals surface area contributed by atoms with Crippen LogP contribution in [0.2, 0.25) is 0 Å². The lowest BCUT2D eigenvalue weighted by molar-refractivity contribution is -0.142. The van der Waals surface area contributed by atoms with Crippen molar-refractivity contribution in [1.82, 2.24) is 5.32 Å². The molecule has 0 spiro atoms. The molecule has 0 saturated carbocycles. The number of aromatic carboxylic acids is 1. The van der Waals surface area contributed by atoms with E-state index < -0.39 is 11.9 Å². The van der Waals surface area contributed by atoms with Gasteiger partial charge in [-0.25, -0.2) is 9.59 Å². The van der Waals surface area contributed by atoms with Crippen LogP contribution in [0.1, 0.15) is 10.4 Å². The Labute approximate surface area is 162 Å². The first-order valence-corrected chi connectivity index (χ1v) is 8.32. The number of rotatable bonds is 5. The minimum atomic E-state index is -0.988. The van der Waals surface area contributed by atoms with Gasteiger partial charge in [0.15, 0.2) is 6.61 Å². The van der Waals surface area contributed by atoms with E-state index in [1.165, 1.54) is 6.07 Å². The highest BCUT2D eigenvalue weighted by atomic mass is 16.6. The molecule has 0 bridgehead atoms. The van der Waals surface area contributed by atoms with E-state index >= 15 is 0 Å². The summed E-state index contributed by atoms with van der Waals surface area (Å²) in [6.45, 7) is -0.129. The van der Waals surface area contributed by atoms with Gasteiger partial charge in [0.05, 0.1) is 5.56 Å². The average Bonchev–Trinajstić information content (AvgIpc) is 2.96. The Kier molecular flexibility index (Phi) is 7.89. The monoisotopic (exact) mass is 380 g/mol. The largest absolute Gasteiger partial charge is 0.482 e. The minimum Gasteiger partial charge on any atom is -0.482 e. The fraction of sp³-hybridized carbons (Fsp3) is 0.0476. The highest BCUT2D eigenvalue weighted by molar-refractivity contribution is 5.93. The molecule has 4 N–H and O–H groups in total. The quantitative estimate of drug-likeness (QED) is 0.540. The Bertz CT molecular complexity index is 889. The number of esters is 1. The van der Waals surface area contributed by atoms with Gasteiger partial charge in [-0.2, -0.15) is 0 Å². The molecule has 7 heteroatoms. The van der Waals surface area contributed by atoms with Gasteiger partial charge in [0.2, 0.25) is 5.88 Å². The molecule has 0 fully saturated rings. The van der Waals surface area contributed by atoms with Crippen LogP contribution in [0.3, 0.4) is 0 Å². The van der Waals surface area contributed by atoms with Gasteiger partial charge in [-0.1, -0.05) is 42.5 Å². The van der Waals surface area contributed by atoms with Gasteiger partial charge in [0.1, 0.15) is 5.75 Å². The first-order chi connectivity index (χ1) is 13.6. The Morgan fingerprint density at radius 2 is 1.68 bits per heavy atom. The number of nitrogens with two attached hydrogens (primary N) is 1. The molecular weight excluding hydrogens is 360 g/mol. The molecule has 1 heterocycles. The Morgan fingerprint density at radius 3 is 2.36 bits per heavy atom. The molecular formula is C21H20N2O5. The van der Waals surface area contributed by atoms with Crippen LogP contribution in [0, 0.1) is 0 Å². The van der Waals surface area contributed by atoms with Gasteiger partial charge in [-0.15, -0.1) is 0 Å². The second kappa shape index (κ2) is 10.9. The summed E-state index contributed by atoms with van der Waals surface area (Å²) in [5.41, 5.74) is 5.80. The topological polar surface area (TPSA) is 111 Å². The van der Waals surface area contributed by atoms with Crippen LogP contribution in [0.4, 0.5) is 5.69 Å². The molecule has 28 heavy (non-hydrogen) atoms. The Balaban J connectivity index is 0.000000237. The van der Waals surface area contributed by atoms with Gasteiger partial charge < -0.3 is 25.6 Å². The Hall–Kier alpha value is -4.00. The lowest BCUT2D eigenvalue weighted by Gasteiger charge is -2.08. The molecule has 2 aromatic rings. The number of anilines is 1. The molecule has 0 unspecified atom stereocenters. The summed E-state index contributed by atoms with van der Waals surface area (Å²) in [4.78, 5) is 21.9. The molecule has 7 nitrogen and oxygen atoms in total. The van der Waals surface area contributed by atoms with Crippen molar-refractivity contribution >= 4 is 17.6 Å². The number of carboxylic acids is 1. The number of carbonyl (C=O) groups is 2. The van der Waals surface area contributed by atoms with E-state index in [9.17, 15) is 9.59 Å². The van der Waals surface area contributed by atoms with E-state index in [0.717, 1.165) is 0 Å². The number of carbonyl (C=O) groups excluding carboxylic acids is 1. The third-order valence-electron chi connectivity index (χ3n) is 3.31. The predicted molar refractivity (Wildman–Crippen MR) is 105 cm³/mol. The number of hydrogen-bond donors (Lipinski definition) is 3. The van der Waals surface area contributed by atoms with E-state index in [0.29, 0.717) is 17.3 Å². The highest BCUT2D eigenvalue weighted by Gasteiger charge is 2.07. The van der Waals surface area contributed by atoms with Gasteiger partial charge in [0, 0.05) is 11.9 Å². The van der Waals surface area contributed by atoms with Crippen molar-refractivity contribution < 1.29 is 24.2 Å². The van der Waals surface area contributed by atoms with E-state index in [-0.39, 0.29) is 12.2 Å². The van der Waals surface area contributed by atoms with Gasteiger partial charge in [-0.3, -0.25) is 0 Å². The normalized spacial score (nSPS) is 11.8. The molecule has 0 aliphatic carbocycles. The van der Waals surface area contributed by atoms with Crippen molar-refractivity contribution in [3.63, 3.8) is 0 Å². The maximum Gasteiger partial charge on any atom is 0.350 e. The first kappa shape index (κ1) is 20.3. The molecule has 1 aliphatic rings. The SMILES string of the molecule is Nc1ccccc1C(=O)O.O=C(COc1ccccc1)OC1=CC=CC=CN1. The molecule has 0 atom stereocenters. The summed E-state index contributed by atoms with van der Waals surface area (Å²) in [6, 6.07) is 15.5. The number of allylic oxidation sites excluding steroid dienone is 4. The maximum atomic E-state index is 11.5. The number of carboxylic acid groups (broad SMARTS) is 1. The summed E-state index contributed by atoms with van der Waals surface area (Å²) in [5, 5.41) is 11.3. The molecule has 0 amide bonds. The highest BCUT2D eigenvalue weighted by Crippen LogP contribution is 2.09. The second-order valence-electron chi connectivity index (χ2n) is 5.39. The molecule has 3 rings (SSSR count). The number of hydrogen-bond acceptors (Lipinski definition) is 6. The molecule has 2 aromatic carbocycles. The number of benzene rings is 2. The third kappa shape index (κ3) is 7.09. The van der Waals surface area contributed by atoms with Crippen LogP contribution in [0.5, 0.6) is 5.75 Å². The zero-order chi connectivity index (χ0) is 20.2. The summed E-state index contributed by atoms with van der Waals surface area (Å²) >= 11 is 0. The van der Waals surface area contributed by atoms with Crippen LogP contribution in [0.15, 0.2) is 91.0 Å². The number of nitrogens with one attached hydrogen (secondary N) is 1. The summed E-state index contributed by atoms with van der Waals surface area (Å²) in [6.07, 6.45) is 8.75. The molecule has 0 radical (unpaired) electrons. The zero-order valence-electron chi connectivity index (χ0n) is 14.9. The van der Waals surface area contributed by atoms with E-state index in [1.54, 1.807) is 54.8 Å². The lowest BCUT2D eigenvalue weighted by atomic mass is 10.2. The van der Waals surface area contributed by atoms with Gasteiger partial charge in [-0.05, 0) is 36.4 Å². The van der Waals surface area contributed by atoms with Crippen molar-refractivity contribution in [2.45, 2.75) is 0 Å². The van der Waals surface area contributed by atoms with E-state index in [4.69, 9.17) is 20.3 Å². The van der Waals surface area contributed by atoms with Crippen molar-refractivity contribution in [2.24, 2.45) is 0 Å². The van der Waals surface area contributed by atoms with E-state index in [2.05, 4.69) is 5.32 Å².